The molecule has 1 unspecified atom stereocenters. The zero-order valence-electron chi connectivity index (χ0n) is 13.5. The molecule has 2 rings (SSSR count). The minimum Gasteiger partial charge on any atom is -0.373 e. The smallest absolute Gasteiger partial charge is 0.188 e. The fourth-order valence-electron chi connectivity index (χ4n) is 3.60. The van der Waals surface area contributed by atoms with Crippen LogP contribution in [-0.4, -0.2) is 19.0 Å². The number of ether oxygens (including phenoxy) is 1. The first-order valence-electron chi connectivity index (χ1n) is 8.24. The molecule has 116 valence electrons. The molecular weight excluding hydrogens is 260 g/mol. The van der Waals surface area contributed by atoms with Crippen LogP contribution in [0.2, 0.25) is 0 Å². The van der Waals surface area contributed by atoms with Gasteiger partial charge in [-0.15, -0.1) is 0 Å². The molecule has 0 spiro atoms. The highest BCUT2D eigenvalue weighted by Crippen LogP contribution is 2.38. The molecule has 1 aromatic rings. The van der Waals surface area contributed by atoms with Crippen LogP contribution < -0.4 is 0 Å². The minimum atomic E-state index is 0.0838. The standard InChI is InChI=1S/C19H28O2/c1-14(2)18-10-9-15(3)11-17(18)12-21-13-19(20)16-7-5-4-6-8-16/h4-8,14-15,17-18H,9-13H2,1-3H3/t15-,17?,18-/m1/s1. The van der Waals surface area contributed by atoms with Gasteiger partial charge < -0.3 is 4.74 Å². The molecular formula is C19H28O2. The van der Waals surface area contributed by atoms with E-state index in [1.54, 1.807) is 0 Å². The van der Waals surface area contributed by atoms with Gasteiger partial charge in [0.1, 0.15) is 6.61 Å². The van der Waals surface area contributed by atoms with Crippen LogP contribution in [0, 0.1) is 23.7 Å². The fourth-order valence-corrected chi connectivity index (χ4v) is 3.60. The second kappa shape index (κ2) is 7.74. The topological polar surface area (TPSA) is 26.3 Å². The molecule has 0 aliphatic heterocycles. The number of hydrogen-bond acceptors (Lipinski definition) is 2. The Kier molecular flexibility index (Phi) is 5.98. The van der Waals surface area contributed by atoms with Gasteiger partial charge in [-0.3, -0.25) is 4.79 Å². The molecule has 1 aromatic carbocycles. The van der Waals surface area contributed by atoms with E-state index < -0.39 is 0 Å². The molecule has 3 atom stereocenters. The van der Waals surface area contributed by atoms with Crippen LogP contribution in [0.5, 0.6) is 0 Å². The van der Waals surface area contributed by atoms with E-state index >= 15 is 0 Å². The van der Waals surface area contributed by atoms with Gasteiger partial charge in [0.15, 0.2) is 5.78 Å². The summed E-state index contributed by atoms with van der Waals surface area (Å²) in [5.41, 5.74) is 0.745. The van der Waals surface area contributed by atoms with Crippen LogP contribution in [-0.2, 0) is 4.74 Å². The highest BCUT2D eigenvalue weighted by Gasteiger charge is 2.30. The highest BCUT2D eigenvalue weighted by molar-refractivity contribution is 5.96. The Hall–Kier alpha value is -1.15. The Morgan fingerprint density at radius 1 is 1.24 bits per heavy atom. The lowest BCUT2D eigenvalue weighted by Gasteiger charge is -2.37. The largest absolute Gasteiger partial charge is 0.373 e. The Labute approximate surface area is 128 Å². The van der Waals surface area contributed by atoms with Gasteiger partial charge in [0.2, 0.25) is 0 Å². The summed E-state index contributed by atoms with van der Waals surface area (Å²) in [6.07, 6.45) is 3.88. The lowest BCUT2D eigenvalue weighted by atomic mass is 9.70. The summed E-state index contributed by atoms with van der Waals surface area (Å²) in [5.74, 6) is 2.93. The first-order valence-corrected chi connectivity index (χ1v) is 8.24. The van der Waals surface area contributed by atoms with Crippen LogP contribution in [0.1, 0.15) is 50.4 Å². The van der Waals surface area contributed by atoms with Gasteiger partial charge in [-0.1, -0.05) is 57.5 Å². The van der Waals surface area contributed by atoms with E-state index in [2.05, 4.69) is 20.8 Å². The first-order chi connectivity index (χ1) is 10.1. The third kappa shape index (κ3) is 4.67. The number of rotatable bonds is 6. The van der Waals surface area contributed by atoms with Gasteiger partial charge in [0.25, 0.3) is 0 Å². The van der Waals surface area contributed by atoms with Crippen LogP contribution in [0.15, 0.2) is 30.3 Å². The van der Waals surface area contributed by atoms with Gasteiger partial charge in [-0.25, -0.2) is 0 Å². The SMILES string of the molecule is CC(C)[C@H]1CC[C@@H](C)CC1COCC(=O)c1ccccc1. The summed E-state index contributed by atoms with van der Waals surface area (Å²) in [7, 11) is 0. The molecule has 1 fully saturated rings. The Morgan fingerprint density at radius 2 is 1.95 bits per heavy atom. The van der Waals surface area contributed by atoms with Gasteiger partial charge in [0, 0.05) is 5.56 Å². The molecule has 1 saturated carbocycles. The maximum Gasteiger partial charge on any atom is 0.188 e. The van der Waals surface area contributed by atoms with Gasteiger partial charge in [-0.05, 0) is 36.5 Å². The number of carbonyl (C=O) groups excluding carboxylic acids is 1. The molecule has 0 bridgehead atoms. The van der Waals surface area contributed by atoms with E-state index in [1.807, 2.05) is 30.3 Å². The van der Waals surface area contributed by atoms with E-state index in [9.17, 15) is 4.79 Å². The third-order valence-corrected chi connectivity index (χ3v) is 4.82. The molecule has 1 aliphatic carbocycles. The Bertz CT molecular complexity index is 438. The maximum absolute atomic E-state index is 12.0. The number of carbonyl (C=O) groups is 1. The van der Waals surface area contributed by atoms with Crippen molar-refractivity contribution in [3.63, 3.8) is 0 Å². The van der Waals surface area contributed by atoms with Gasteiger partial charge in [-0.2, -0.15) is 0 Å². The summed E-state index contributed by atoms with van der Waals surface area (Å²) < 4.78 is 5.77. The van der Waals surface area contributed by atoms with Crippen molar-refractivity contribution in [2.24, 2.45) is 23.7 Å². The van der Waals surface area contributed by atoms with E-state index in [1.165, 1.54) is 19.3 Å². The number of benzene rings is 1. The number of hydrogen-bond donors (Lipinski definition) is 0. The Balaban J connectivity index is 1.82. The van der Waals surface area contributed by atoms with Crippen molar-refractivity contribution < 1.29 is 9.53 Å². The minimum absolute atomic E-state index is 0.0838. The second-order valence-corrected chi connectivity index (χ2v) is 6.89. The fraction of sp³-hybridized carbons (Fsp3) is 0.632. The van der Waals surface area contributed by atoms with Crippen LogP contribution in [0.4, 0.5) is 0 Å². The zero-order valence-corrected chi connectivity index (χ0v) is 13.5. The maximum atomic E-state index is 12.0. The van der Waals surface area contributed by atoms with Crippen molar-refractivity contribution in [1.82, 2.24) is 0 Å². The number of ketones is 1. The zero-order chi connectivity index (χ0) is 15.2. The lowest BCUT2D eigenvalue weighted by Crippen LogP contribution is -2.31. The summed E-state index contributed by atoms with van der Waals surface area (Å²) in [4.78, 5) is 12.0. The highest BCUT2D eigenvalue weighted by atomic mass is 16.5. The van der Waals surface area contributed by atoms with Crippen molar-refractivity contribution in [2.75, 3.05) is 13.2 Å². The van der Waals surface area contributed by atoms with Crippen molar-refractivity contribution in [3.05, 3.63) is 35.9 Å². The number of Topliss-reactive ketones (excluding diaryl/α,β-unsaturated/α-hetero) is 1. The second-order valence-electron chi connectivity index (χ2n) is 6.89. The monoisotopic (exact) mass is 288 g/mol. The predicted octanol–water partition coefficient (Wildman–Crippen LogP) is 4.59. The van der Waals surface area contributed by atoms with Gasteiger partial charge >= 0.3 is 0 Å². The molecule has 2 heteroatoms. The van der Waals surface area contributed by atoms with Crippen LogP contribution in [0.25, 0.3) is 0 Å². The quantitative estimate of drug-likeness (QED) is 0.715. The molecule has 21 heavy (non-hydrogen) atoms. The molecule has 0 heterocycles. The third-order valence-electron chi connectivity index (χ3n) is 4.82. The lowest BCUT2D eigenvalue weighted by molar-refractivity contribution is 0.0320. The van der Waals surface area contributed by atoms with Crippen LogP contribution in [0.3, 0.4) is 0 Å². The molecule has 0 radical (unpaired) electrons. The average Bonchev–Trinajstić information content (AvgIpc) is 2.48. The molecule has 0 saturated heterocycles. The molecule has 2 nitrogen and oxygen atoms in total. The molecule has 0 N–H and O–H groups in total. The van der Waals surface area contributed by atoms with E-state index in [-0.39, 0.29) is 12.4 Å². The molecule has 1 aliphatic rings. The summed E-state index contributed by atoms with van der Waals surface area (Å²) in [6, 6.07) is 9.42. The van der Waals surface area contributed by atoms with E-state index in [0.717, 1.165) is 24.0 Å². The molecule has 0 aromatic heterocycles. The normalized spacial score (nSPS) is 26.0. The molecule has 0 amide bonds. The van der Waals surface area contributed by atoms with Crippen LogP contribution >= 0.6 is 0 Å². The predicted molar refractivity (Wildman–Crippen MR) is 86.4 cm³/mol. The summed E-state index contributed by atoms with van der Waals surface area (Å²) >= 11 is 0. The Morgan fingerprint density at radius 3 is 2.62 bits per heavy atom. The average molecular weight is 288 g/mol. The van der Waals surface area contributed by atoms with Crippen molar-refractivity contribution >= 4 is 5.78 Å². The van der Waals surface area contributed by atoms with Gasteiger partial charge in [0.05, 0.1) is 6.61 Å². The first kappa shape index (κ1) is 16.2. The van der Waals surface area contributed by atoms with Crippen molar-refractivity contribution in [3.8, 4) is 0 Å². The van der Waals surface area contributed by atoms with Crippen molar-refractivity contribution in [1.29, 1.82) is 0 Å². The van der Waals surface area contributed by atoms with E-state index in [4.69, 9.17) is 4.74 Å². The summed E-state index contributed by atoms with van der Waals surface area (Å²) in [6.45, 7) is 7.88. The van der Waals surface area contributed by atoms with E-state index in [0.29, 0.717) is 11.8 Å². The van der Waals surface area contributed by atoms with Crippen molar-refractivity contribution in [2.45, 2.75) is 40.0 Å². The summed E-state index contributed by atoms with van der Waals surface area (Å²) in [5, 5.41) is 0.